The lowest BCUT2D eigenvalue weighted by Gasteiger charge is -2.36. The summed E-state index contributed by atoms with van der Waals surface area (Å²) in [6.45, 7) is 7.36. The van der Waals surface area contributed by atoms with Crippen molar-refractivity contribution in [2.75, 3.05) is 24.6 Å². The first-order chi connectivity index (χ1) is 8.08. The first-order valence-corrected chi connectivity index (χ1v) is 5.92. The molecule has 0 spiro atoms. The van der Waals surface area contributed by atoms with E-state index in [1.165, 1.54) is 0 Å². The van der Waals surface area contributed by atoms with Gasteiger partial charge in [0.25, 0.3) is 0 Å². The summed E-state index contributed by atoms with van der Waals surface area (Å²) in [7, 11) is 0. The van der Waals surface area contributed by atoms with Crippen molar-refractivity contribution in [2.24, 2.45) is 0 Å². The van der Waals surface area contributed by atoms with Crippen LogP contribution in [0.1, 0.15) is 18.3 Å². The number of morpholine rings is 1. The van der Waals surface area contributed by atoms with Gasteiger partial charge in [0.05, 0.1) is 18.8 Å². The lowest BCUT2D eigenvalue weighted by Crippen LogP contribution is -2.48. The number of hydrogen-bond donors (Lipinski definition) is 1. The van der Waals surface area contributed by atoms with E-state index in [-0.39, 0.29) is 18.8 Å². The molecule has 1 aliphatic rings. The Kier molecular flexibility index (Phi) is 3.59. The maximum absolute atomic E-state index is 9.19. The molecule has 1 saturated heterocycles. The topological polar surface area (TPSA) is 58.5 Å². The number of anilines is 1. The van der Waals surface area contributed by atoms with Gasteiger partial charge >= 0.3 is 0 Å². The first-order valence-electron chi connectivity index (χ1n) is 5.92. The lowest BCUT2D eigenvalue weighted by atomic mass is 10.2. The third-order valence-corrected chi connectivity index (χ3v) is 2.78. The van der Waals surface area contributed by atoms with Gasteiger partial charge in [-0.2, -0.15) is 0 Å². The summed E-state index contributed by atoms with van der Waals surface area (Å²) < 4.78 is 5.60. The van der Waals surface area contributed by atoms with E-state index < -0.39 is 0 Å². The molecule has 2 atom stereocenters. The Morgan fingerprint density at radius 1 is 1.35 bits per heavy atom. The summed E-state index contributed by atoms with van der Waals surface area (Å²) in [4.78, 5) is 11.0. The molecule has 2 rings (SSSR count). The van der Waals surface area contributed by atoms with E-state index in [1.54, 1.807) is 0 Å². The molecule has 0 bridgehead atoms. The van der Waals surface area contributed by atoms with E-state index in [0.29, 0.717) is 6.54 Å². The van der Waals surface area contributed by atoms with Crippen molar-refractivity contribution in [2.45, 2.75) is 33.0 Å². The lowest BCUT2D eigenvalue weighted by molar-refractivity contribution is -0.0425. The molecule has 0 aliphatic carbocycles. The van der Waals surface area contributed by atoms with E-state index >= 15 is 0 Å². The Labute approximate surface area is 101 Å². The van der Waals surface area contributed by atoms with Crippen LogP contribution in [-0.4, -0.2) is 47.0 Å². The van der Waals surface area contributed by atoms with Crippen molar-refractivity contribution < 1.29 is 9.84 Å². The summed E-state index contributed by atoms with van der Waals surface area (Å²) in [6.07, 6.45) is -0.0616. The molecule has 0 amide bonds. The Balaban J connectivity index is 2.20. The van der Waals surface area contributed by atoms with Gasteiger partial charge in [-0.15, -0.1) is 0 Å². The molecule has 5 heteroatoms. The SMILES string of the molecule is Cc1cc(C)nc(N2CC(C)OC(CO)C2)n1. The minimum absolute atomic E-state index is 0.0334. The van der Waals surface area contributed by atoms with E-state index in [9.17, 15) is 5.11 Å². The zero-order valence-corrected chi connectivity index (χ0v) is 10.6. The second-order valence-corrected chi connectivity index (χ2v) is 4.61. The molecule has 1 N–H and O–H groups in total. The Morgan fingerprint density at radius 2 is 2.00 bits per heavy atom. The fraction of sp³-hybridized carbons (Fsp3) is 0.667. The van der Waals surface area contributed by atoms with Crippen LogP contribution in [0.4, 0.5) is 5.95 Å². The van der Waals surface area contributed by atoms with Crippen molar-refractivity contribution in [1.29, 1.82) is 0 Å². The molecular weight excluding hydrogens is 218 g/mol. The van der Waals surface area contributed by atoms with Crippen LogP contribution in [0, 0.1) is 13.8 Å². The van der Waals surface area contributed by atoms with Crippen LogP contribution in [0.5, 0.6) is 0 Å². The number of hydrogen-bond acceptors (Lipinski definition) is 5. The fourth-order valence-electron chi connectivity index (χ4n) is 2.16. The summed E-state index contributed by atoms with van der Waals surface area (Å²) in [5, 5.41) is 9.19. The minimum atomic E-state index is -0.150. The molecule has 2 unspecified atom stereocenters. The van der Waals surface area contributed by atoms with Crippen molar-refractivity contribution in [3.05, 3.63) is 17.5 Å². The number of nitrogens with zero attached hydrogens (tertiary/aromatic N) is 3. The predicted molar refractivity (Wildman–Crippen MR) is 65.1 cm³/mol. The van der Waals surface area contributed by atoms with Gasteiger partial charge in [-0.1, -0.05) is 0 Å². The van der Waals surface area contributed by atoms with Gasteiger partial charge in [-0.05, 0) is 26.8 Å². The van der Waals surface area contributed by atoms with Crippen LogP contribution in [0.2, 0.25) is 0 Å². The standard InChI is InChI=1S/C12H19N3O2/c1-8-4-9(2)14-12(13-8)15-5-10(3)17-11(6-15)7-16/h4,10-11,16H,5-7H2,1-3H3. The van der Waals surface area contributed by atoms with Crippen LogP contribution in [0.25, 0.3) is 0 Å². The number of aliphatic hydroxyl groups is 1. The van der Waals surface area contributed by atoms with Gasteiger partial charge in [-0.3, -0.25) is 0 Å². The quantitative estimate of drug-likeness (QED) is 0.819. The number of aromatic nitrogens is 2. The zero-order chi connectivity index (χ0) is 12.4. The minimum Gasteiger partial charge on any atom is -0.394 e. The molecule has 1 fully saturated rings. The molecule has 0 saturated carbocycles. The Hall–Kier alpha value is -1.20. The Morgan fingerprint density at radius 3 is 2.59 bits per heavy atom. The molecule has 1 aromatic rings. The molecule has 5 nitrogen and oxygen atoms in total. The third kappa shape index (κ3) is 2.92. The van der Waals surface area contributed by atoms with Gasteiger partial charge < -0.3 is 14.7 Å². The van der Waals surface area contributed by atoms with Gasteiger partial charge in [0, 0.05) is 24.5 Å². The van der Waals surface area contributed by atoms with E-state index in [2.05, 4.69) is 14.9 Å². The normalized spacial score (nSPS) is 25.1. The summed E-state index contributed by atoms with van der Waals surface area (Å²) in [5.41, 5.74) is 1.93. The van der Waals surface area contributed by atoms with Gasteiger partial charge in [0.15, 0.2) is 0 Å². The number of aryl methyl sites for hydroxylation is 2. The number of rotatable bonds is 2. The highest BCUT2D eigenvalue weighted by Crippen LogP contribution is 2.17. The summed E-state index contributed by atoms with van der Waals surface area (Å²) >= 11 is 0. The van der Waals surface area contributed by atoms with Gasteiger partial charge in [0.2, 0.25) is 5.95 Å². The van der Waals surface area contributed by atoms with Crippen LogP contribution >= 0.6 is 0 Å². The molecular formula is C12H19N3O2. The first kappa shape index (κ1) is 12.3. The van der Waals surface area contributed by atoms with Crippen molar-refractivity contribution in [3.63, 3.8) is 0 Å². The molecule has 0 radical (unpaired) electrons. The van der Waals surface area contributed by atoms with E-state index in [0.717, 1.165) is 23.9 Å². The monoisotopic (exact) mass is 237 g/mol. The number of ether oxygens (including phenoxy) is 1. The van der Waals surface area contributed by atoms with Crippen molar-refractivity contribution in [3.8, 4) is 0 Å². The summed E-state index contributed by atoms with van der Waals surface area (Å²) in [5.74, 6) is 0.733. The zero-order valence-electron chi connectivity index (χ0n) is 10.6. The van der Waals surface area contributed by atoms with Crippen LogP contribution < -0.4 is 4.90 Å². The van der Waals surface area contributed by atoms with Gasteiger partial charge in [0.1, 0.15) is 0 Å². The largest absolute Gasteiger partial charge is 0.394 e. The predicted octanol–water partition coefficient (Wildman–Crippen LogP) is 0.679. The van der Waals surface area contributed by atoms with Crippen LogP contribution in [-0.2, 0) is 4.74 Å². The van der Waals surface area contributed by atoms with Crippen molar-refractivity contribution >= 4 is 5.95 Å². The molecule has 1 aliphatic heterocycles. The molecule has 94 valence electrons. The average Bonchev–Trinajstić information content (AvgIpc) is 2.26. The molecule has 17 heavy (non-hydrogen) atoms. The highest BCUT2D eigenvalue weighted by molar-refractivity contribution is 5.33. The fourth-order valence-corrected chi connectivity index (χ4v) is 2.16. The average molecular weight is 237 g/mol. The van der Waals surface area contributed by atoms with Crippen LogP contribution in [0.15, 0.2) is 6.07 Å². The maximum Gasteiger partial charge on any atom is 0.225 e. The second kappa shape index (κ2) is 4.98. The highest BCUT2D eigenvalue weighted by atomic mass is 16.5. The van der Waals surface area contributed by atoms with Gasteiger partial charge in [-0.25, -0.2) is 9.97 Å². The Bertz CT molecular complexity index is 377. The number of aliphatic hydroxyl groups excluding tert-OH is 1. The highest BCUT2D eigenvalue weighted by Gasteiger charge is 2.26. The van der Waals surface area contributed by atoms with Crippen molar-refractivity contribution in [1.82, 2.24) is 9.97 Å². The molecule has 1 aromatic heterocycles. The third-order valence-electron chi connectivity index (χ3n) is 2.78. The van der Waals surface area contributed by atoms with E-state index in [4.69, 9.17) is 4.74 Å². The van der Waals surface area contributed by atoms with E-state index in [1.807, 2.05) is 26.8 Å². The molecule has 2 heterocycles. The van der Waals surface area contributed by atoms with Crippen LogP contribution in [0.3, 0.4) is 0 Å². The summed E-state index contributed by atoms with van der Waals surface area (Å²) in [6, 6.07) is 1.96. The second-order valence-electron chi connectivity index (χ2n) is 4.61. The smallest absolute Gasteiger partial charge is 0.225 e. The maximum atomic E-state index is 9.19. The molecule has 0 aromatic carbocycles.